The highest BCUT2D eigenvalue weighted by Gasteiger charge is 2.13. The van der Waals surface area contributed by atoms with Crippen LogP contribution < -0.4 is 0 Å². The summed E-state index contributed by atoms with van der Waals surface area (Å²) >= 11 is 6.04. The van der Waals surface area contributed by atoms with E-state index >= 15 is 0 Å². The fourth-order valence-electron chi connectivity index (χ4n) is 0.838. The predicted octanol–water partition coefficient (Wildman–Crippen LogP) is 2.89. The van der Waals surface area contributed by atoms with Crippen molar-refractivity contribution in [3.05, 3.63) is 25.5 Å². The van der Waals surface area contributed by atoms with Crippen LogP contribution in [-0.4, -0.2) is 10.2 Å². The molecule has 1 rings (SSSR count). The lowest BCUT2D eigenvalue weighted by Gasteiger charge is -2.06. The van der Waals surface area contributed by atoms with Gasteiger partial charge in [0.05, 0.1) is 4.47 Å². The van der Waals surface area contributed by atoms with Gasteiger partial charge in [-0.05, 0) is 37.9 Å². The number of nitroso groups, excluding NO2 is 1. The Morgan fingerprint density at radius 2 is 1.92 bits per heavy atom. The summed E-state index contributed by atoms with van der Waals surface area (Å²) in [6, 6.07) is 1.44. The molecule has 13 heavy (non-hydrogen) atoms. The van der Waals surface area contributed by atoms with Crippen LogP contribution in [0.5, 0.6) is 11.5 Å². The molecule has 0 unspecified atom stereocenters. The largest absolute Gasteiger partial charge is 0.506 e. The molecule has 0 atom stereocenters. The number of phenols is 2. The van der Waals surface area contributed by atoms with E-state index in [1.165, 1.54) is 6.07 Å². The van der Waals surface area contributed by atoms with Crippen LogP contribution in [0.25, 0.3) is 0 Å². The standard InChI is InChI=1S/C7H5Br2NO3/c8-4-1-3(2-10-13)6(11)5(9)7(4)12/h1,11-12H,2H2. The second-order valence-corrected chi connectivity index (χ2v) is 3.96. The highest BCUT2D eigenvalue weighted by molar-refractivity contribution is 9.11. The maximum atomic E-state index is 9.98. The fourth-order valence-corrected chi connectivity index (χ4v) is 2.05. The van der Waals surface area contributed by atoms with Crippen LogP contribution in [-0.2, 0) is 6.54 Å². The van der Waals surface area contributed by atoms with Gasteiger partial charge in [0, 0.05) is 5.56 Å². The zero-order chi connectivity index (χ0) is 10.0. The van der Waals surface area contributed by atoms with E-state index in [9.17, 15) is 15.1 Å². The molecule has 0 amide bonds. The molecule has 0 aromatic heterocycles. The molecule has 1 aromatic carbocycles. The van der Waals surface area contributed by atoms with Crippen molar-refractivity contribution in [1.82, 2.24) is 0 Å². The molecule has 1 aromatic rings. The second kappa shape index (κ2) is 4.06. The Kier molecular flexibility index (Phi) is 3.27. The monoisotopic (exact) mass is 309 g/mol. The second-order valence-electron chi connectivity index (χ2n) is 2.32. The first-order chi connectivity index (χ1) is 6.07. The first-order valence-corrected chi connectivity index (χ1v) is 4.84. The van der Waals surface area contributed by atoms with Gasteiger partial charge in [0.25, 0.3) is 0 Å². The Labute approximate surface area is 90.8 Å². The summed E-state index contributed by atoms with van der Waals surface area (Å²) in [7, 11) is 0. The predicted molar refractivity (Wildman–Crippen MR) is 54.7 cm³/mol. The molecule has 0 spiro atoms. The van der Waals surface area contributed by atoms with Crippen molar-refractivity contribution in [2.24, 2.45) is 5.18 Å². The maximum Gasteiger partial charge on any atom is 0.147 e. The molecule has 0 saturated heterocycles. The molecule has 0 aliphatic rings. The van der Waals surface area contributed by atoms with E-state index in [0.29, 0.717) is 10.0 Å². The van der Waals surface area contributed by atoms with Crippen molar-refractivity contribution >= 4 is 31.9 Å². The Bertz CT molecular complexity index is 354. The van der Waals surface area contributed by atoms with Gasteiger partial charge in [-0.3, -0.25) is 0 Å². The van der Waals surface area contributed by atoms with Gasteiger partial charge >= 0.3 is 0 Å². The van der Waals surface area contributed by atoms with E-state index in [1.807, 2.05) is 0 Å². The molecular weight excluding hydrogens is 306 g/mol. The van der Waals surface area contributed by atoms with Gasteiger partial charge in [0.1, 0.15) is 22.5 Å². The van der Waals surface area contributed by atoms with E-state index < -0.39 is 0 Å². The lowest BCUT2D eigenvalue weighted by molar-refractivity contribution is 0.438. The average Bonchev–Trinajstić information content (AvgIpc) is 2.11. The Balaban J connectivity index is 3.31. The third-order valence-electron chi connectivity index (χ3n) is 1.48. The lowest BCUT2D eigenvalue weighted by atomic mass is 10.2. The summed E-state index contributed by atoms with van der Waals surface area (Å²) in [4.78, 5) is 9.98. The number of hydrogen-bond acceptors (Lipinski definition) is 4. The molecule has 0 radical (unpaired) electrons. The summed E-state index contributed by atoms with van der Waals surface area (Å²) in [6.07, 6.45) is 0. The van der Waals surface area contributed by atoms with Crippen molar-refractivity contribution in [2.75, 3.05) is 0 Å². The van der Waals surface area contributed by atoms with Crippen LogP contribution in [0.4, 0.5) is 0 Å². The van der Waals surface area contributed by atoms with Crippen molar-refractivity contribution in [1.29, 1.82) is 0 Å². The van der Waals surface area contributed by atoms with E-state index in [0.717, 1.165) is 0 Å². The Morgan fingerprint density at radius 3 is 2.46 bits per heavy atom. The summed E-state index contributed by atoms with van der Waals surface area (Å²) in [6.45, 7) is -0.136. The lowest BCUT2D eigenvalue weighted by Crippen LogP contribution is -1.85. The van der Waals surface area contributed by atoms with E-state index in [1.54, 1.807) is 0 Å². The summed E-state index contributed by atoms with van der Waals surface area (Å²) in [5.74, 6) is -0.271. The minimum atomic E-state index is -0.166. The molecule has 4 nitrogen and oxygen atoms in total. The molecule has 0 saturated carbocycles. The molecule has 6 heteroatoms. The van der Waals surface area contributed by atoms with Crippen LogP contribution in [0.2, 0.25) is 0 Å². The number of nitrogens with zero attached hydrogens (tertiary/aromatic N) is 1. The molecule has 2 N–H and O–H groups in total. The Hall–Kier alpha value is -0.620. The zero-order valence-corrected chi connectivity index (χ0v) is 9.46. The number of benzene rings is 1. The first-order valence-electron chi connectivity index (χ1n) is 3.25. The van der Waals surface area contributed by atoms with Gasteiger partial charge in [-0.1, -0.05) is 5.18 Å². The van der Waals surface area contributed by atoms with Crippen molar-refractivity contribution in [3.8, 4) is 11.5 Å². The zero-order valence-electron chi connectivity index (χ0n) is 6.29. The maximum absolute atomic E-state index is 9.98. The quantitative estimate of drug-likeness (QED) is 0.825. The van der Waals surface area contributed by atoms with Crippen LogP contribution >= 0.6 is 31.9 Å². The number of halogens is 2. The molecule has 70 valence electrons. The van der Waals surface area contributed by atoms with E-state index in [-0.39, 0.29) is 22.5 Å². The van der Waals surface area contributed by atoms with Gasteiger partial charge in [-0.25, -0.2) is 0 Å². The first kappa shape index (κ1) is 10.5. The van der Waals surface area contributed by atoms with Crippen LogP contribution in [0.1, 0.15) is 5.56 Å². The number of aromatic hydroxyl groups is 2. The number of rotatable bonds is 2. The summed E-state index contributed by atoms with van der Waals surface area (Å²) < 4.78 is 0.552. The molecule has 0 bridgehead atoms. The molecule has 0 aliphatic carbocycles. The van der Waals surface area contributed by atoms with Crippen LogP contribution in [0.15, 0.2) is 20.2 Å². The van der Waals surface area contributed by atoms with Gasteiger partial charge < -0.3 is 10.2 Å². The smallest absolute Gasteiger partial charge is 0.147 e. The van der Waals surface area contributed by atoms with Crippen LogP contribution in [0.3, 0.4) is 0 Å². The third kappa shape index (κ3) is 2.00. The highest BCUT2D eigenvalue weighted by Crippen LogP contribution is 2.41. The van der Waals surface area contributed by atoms with Crippen molar-refractivity contribution in [3.63, 3.8) is 0 Å². The number of phenolic OH excluding ortho intramolecular Hbond substituents is 2. The molecule has 0 heterocycles. The van der Waals surface area contributed by atoms with Crippen LogP contribution in [0, 0.1) is 4.91 Å². The van der Waals surface area contributed by atoms with Gasteiger partial charge in [-0.2, -0.15) is 4.91 Å². The van der Waals surface area contributed by atoms with Crippen molar-refractivity contribution in [2.45, 2.75) is 6.54 Å². The molecule has 0 aliphatic heterocycles. The third-order valence-corrected chi connectivity index (χ3v) is 2.84. The SMILES string of the molecule is O=NCc1cc(Br)c(O)c(Br)c1O. The van der Waals surface area contributed by atoms with E-state index in [4.69, 9.17) is 0 Å². The minimum Gasteiger partial charge on any atom is -0.506 e. The molecule has 0 fully saturated rings. The normalized spacial score (nSPS) is 10.0. The van der Waals surface area contributed by atoms with E-state index in [2.05, 4.69) is 37.0 Å². The van der Waals surface area contributed by atoms with Gasteiger partial charge in [0.15, 0.2) is 0 Å². The topological polar surface area (TPSA) is 69.9 Å². The highest BCUT2D eigenvalue weighted by atomic mass is 79.9. The summed E-state index contributed by atoms with van der Waals surface area (Å²) in [5.41, 5.74) is 0.353. The number of hydrogen-bond donors (Lipinski definition) is 2. The fraction of sp³-hybridized carbons (Fsp3) is 0.143. The molecular formula is C7H5Br2NO3. The minimum absolute atomic E-state index is 0.104. The van der Waals surface area contributed by atoms with Gasteiger partial charge in [-0.15, -0.1) is 0 Å². The summed E-state index contributed by atoms with van der Waals surface area (Å²) in [5, 5.41) is 21.4. The van der Waals surface area contributed by atoms with Gasteiger partial charge in [0.2, 0.25) is 0 Å². The Morgan fingerprint density at radius 1 is 1.31 bits per heavy atom. The average molecular weight is 311 g/mol. The van der Waals surface area contributed by atoms with Crippen molar-refractivity contribution < 1.29 is 10.2 Å².